The van der Waals surface area contributed by atoms with Crippen LogP contribution in [0.2, 0.25) is 0 Å². The Morgan fingerprint density at radius 2 is 0.930 bits per heavy atom. The lowest BCUT2D eigenvalue weighted by Crippen LogP contribution is -2.29. The maximum absolute atomic E-state index is 12.5. The number of ether oxygens (including phenoxy) is 2. The fraction of sp³-hybridized carbons (Fsp3) is 0.625. The average molecular weight is 815 g/mol. The fourth-order valence-corrected chi connectivity index (χ4v) is 6.20. The van der Waals surface area contributed by atoms with E-state index in [1.807, 2.05) is 12.2 Å². The van der Waals surface area contributed by atoms with E-state index in [0.29, 0.717) is 6.42 Å². The highest BCUT2D eigenvalue weighted by Gasteiger charge is 2.25. The van der Waals surface area contributed by atoms with Crippen molar-refractivity contribution < 1.29 is 37.6 Å². The van der Waals surface area contributed by atoms with Crippen LogP contribution in [0.4, 0.5) is 0 Å². The highest BCUT2D eigenvalue weighted by Crippen LogP contribution is 2.43. The van der Waals surface area contributed by atoms with E-state index in [1.165, 1.54) is 51.4 Å². The lowest BCUT2D eigenvalue weighted by molar-refractivity contribution is -0.161. The maximum atomic E-state index is 12.5. The Balaban J connectivity index is 4.24. The molecule has 0 aliphatic carbocycles. The number of carbonyl (C=O) groups is 2. The molecule has 0 amide bonds. The summed E-state index contributed by atoms with van der Waals surface area (Å²) >= 11 is 0. The average Bonchev–Trinajstić information content (AvgIpc) is 3.19. The number of carbonyl (C=O) groups excluding carboxylic acids is 2. The lowest BCUT2D eigenvalue weighted by atomic mass is 10.1. The molecule has 324 valence electrons. The standard InChI is InChI=1S/C48H79O8P/c1-4-7-9-11-13-15-17-19-21-23-25-27-29-31-33-35-37-39-41-43-48(50)56-46(45-55-57(51,52)54-6-3)44-53-47(49)42-40-38-36-34-32-30-28-26-24-22-20-18-16-14-12-10-8-5-2/h7,9,13,15-16,18-19,21-22,24-25,27,31,33,37,39,46H,4-6,8,10-12,14,17,20,23,26,28-30,32,34-36,38,40-45H2,1-3H3,(H,51,52)/b9-7-,15-13-,18-16-,21-19-,24-22-,27-25-,33-31-,39-37-. The lowest BCUT2D eigenvalue weighted by Gasteiger charge is -2.19. The van der Waals surface area contributed by atoms with Crippen molar-refractivity contribution in [3.8, 4) is 0 Å². The molecule has 8 nitrogen and oxygen atoms in total. The van der Waals surface area contributed by atoms with Crippen LogP contribution in [0.1, 0.15) is 168 Å². The van der Waals surface area contributed by atoms with Crippen LogP contribution in [0, 0.1) is 0 Å². The molecule has 0 aromatic rings. The molecule has 2 unspecified atom stereocenters. The first-order valence-corrected chi connectivity index (χ1v) is 23.5. The zero-order chi connectivity index (χ0) is 41.8. The Labute approximate surface area is 347 Å². The minimum absolute atomic E-state index is 0.0199. The number of esters is 2. The first-order valence-electron chi connectivity index (χ1n) is 22.0. The maximum Gasteiger partial charge on any atom is 0.472 e. The summed E-state index contributed by atoms with van der Waals surface area (Å²) in [7, 11) is -4.31. The first-order chi connectivity index (χ1) is 27.8. The SMILES string of the molecule is CC/C=C\C/C=C\C/C=C\C/C=C\C/C=C\C/C=C\CCC(=O)OC(COC(=O)CCCCCCCCC/C=C\C/C=C\CCCCCC)COP(=O)(O)OCC. The van der Waals surface area contributed by atoms with Gasteiger partial charge in [-0.05, 0) is 90.4 Å². The topological polar surface area (TPSA) is 108 Å². The Morgan fingerprint density at radius 3 is 1.42 bits per heavy atom. The van der Waals surface area contributed by atoms with E-state index in [9.17, 15) is 19.0 Å². The summed E-state index contributed by atoms with van der Waals surface area (Å²) in [4.78, 5) is 34.7. The minimum atomic E-state index is -4.31. The number of unbranched alkanes of at least 4 members (excludes halogenated alkanes) is 11. The first kappa shape index (κ1) is 54.0. The Morgan fingerprint density at radius 1 is 0.491 bits per heavy atom. The molecule has 0 aromatic carbocycles. The molecule has 1 N–H and O–H groups in total. The van der Waals surface area contributed by atoms with Crippen LogP contribution in [0.25, 0.3) is 0 Å². The minimum Gasteiger partial charge on any atom is -0.462 e. The third-order valence-corrected chi connectivity index (χ3v) is 9.70. The van der Waals surface area contributed by atoms with Crippen molar-refractivity contribution in [2.75, 3.05) is 19.8 Å². The summed E-state index contributed by atoms with van der Waals surface area (Å²) in [5.74, 6) is -0.913. The molecule has 57 heavy (non-hydrogen) atoms. The van der Waals surface area contributed by atoms with Crippen LogP contribution < -0.4 is 0 Å². The molecule has 0 saturated heterocycles. The summed E-state index contributed by atoms with van der Waals surface area (Å²) in [5, 5.41) is 0. The molecule has 0 rings (SSSR count). The van der Waals surface area contributed by atoms with E-state index in [2.05, 4.69) is 98.9 Å². The largest absolute Gasteiger partial charge is 0.472 e. The highest BCUT2D eigenvalue weighted by molar-refractivity contribution is 7.47. The van der Waals surface area contributed by atoms with Crippen molar-refractivity contribution in [2.45, 2.75) is 175 Å². The molecule has 0 bridgehead atoms. The van der Waals surface area contributed by atoms with Gasteiger partial charge in [0.2, 0.25) is 0 Å². The molecule has 0 aromatic heterocycles. The van der Waals surface area contributed by atoms with E-state index in [0.717, 1.165) is 77.0 Å². The van der Waals surface area contributed by atoms with Gasteiger partial charge in [-0.25, -0.2) is 4.57 Å². The molecule has 9 heteroatoms. The Hall–Kier alpha value is -3.03. The number of phosphoric acid groups is 1. The second-order valence-electron chi connectivity index (χ2n) is 14.0. The quantitative estimate of drug-likeness (QED) is 0.0283. The van der Waals surface area contributed by atoms with E-state index < -0.39 is 32.5 Å². The second kappa shape index (κ2) is 42.6. The van der Waals surface area contributed by atoms with Gasteiger partial charge < -0.3 is 14.4 Å². The number of hydrogen-bond acceptors (Lipinski definition) is 7. The van der Waals surface area contributed by atoms with E-state index >= 15 is 0 Å². The van der Waals surface area contributed by atoms with Gasteiger partial charge in [-0.2, -0.15) is 0 Å². The van der Waals surface area contributed by atoms with Crippen LogP contribution in [0.15, 0.2) is 97.2 Å². The zero-order valence-corrected chi connectivity index (χ0v) is 36.8. The summed E-state index contributed by atoms with van der Waals surface area (Å²) in [6.07, 6.45) is 56.2. The number of rotatable bonds is 39. The molecule has 0 spiro atoms. The summed E-state index contributed by atoms with van der Waals surface area (Å²) in [5.41, 5.74) is 0. The van der Waals surface area contributed by atoms with Crippen molar-refractivity contribution in [3.05, 3.63) is 97.2 Å². The van der Waals surface area contributed by atoms with Gasteiger partial charge in [0.1, 0.15) is 6.61 Å². The van der Waals surface area contributed by atoms with E-state index in [4.69, 9.17) is 18.5 Å². The van der Waals surface area contributed by atoms with Crippen molar-refractivity contribution in [3.63, 3.8) is 0 Å². The van der Waals surface area contributed by atoms with Gasteiger partial charge in [-0.1, -0.05) is 162 Å². The third-order valence-electron chi connectivity index (χ3n) is 8.64. The molecular weight excluding hydrogens is 735 g/mol. The molecule has 0 heterocycles. The molecule has 0 fully saturated rings. The van der Waals surface area contributed by atoms with Gasteiger partial charge in [-0.3, -0.25) is 18.6 Å². The van der Waals surface area contributed by atoms with Crippen LogP contribution in [-0.2, 0) is 32.7 Å². The van der Waals surface area contributed by atoms with Gasteiger partial charge in [0.15, 0.2) is 6.10 Å². The smallest absolute Gasteiger partial charge is 0.462 e. The van der Waals surface area contributed by atoms with Crippen molar-refractivity contribution in [2.24, 2.45) is 0 Å². The van der Waals surface area contributed by atoms with E-state index in [-0.39, 0.29) is 26.1 Å². The predicted molar refractivity (Wildman–Crippen MR) is 239 cm³/mol. The number of phosphoric ester groups is 1. The van der Waals surface area contributed by atoms with Gasteiger partial charge in [0.25, 0.3) is 0 Å². The monoisotopic (exact) mass is 815 g/mol. The predicted octanol–water partition coefficient (Wildman–Crippen LogP) is 14.1. The van der Waals surface area contributed by atoms with Crippen LogP contribution in [0.3, 0.4) is 0 Å². The normalized spacial score (nSPS) is 14.2. The third kappa shape index (κ3) is 42.4. The highest BCUT2D eigenvalue weighted by atomic mass is 31.2. The zero-order valence-electron chi connectivity index (χ0n) is 36.0. The molecule has 2 atom stereocenters. The van der Waals surface area contributed by atoms with Crippen molar-refractivity contribution in [1.29, 1.82) is 0 Å². The van der Waals surface area contributed by atoms with Crippen molar-refractivity contribution in [1.82, 2.24) is 0 Å². The van der Waals surface area contributed by atoms with Gasteiger partial charge in [0, 0.05) is 12.8 Å². The molecule has 0 radical (unpaired) electrons. The van der Waals surface area contributed by atoms with Gasteiger partial charge in [-0.15, -0.1) is 0 Å². The summed E-state index contributed by atoms with van der Waals surface area (Å²) in [6.45, 7) is 5.23. The summed E-state index contributed by atoms with van der Waals surface area (Å²) in [6, 6.07) is 0. The van der Waals surface area contributed by atoms with Crippen LogP contribution in [-0.4, -0.2) is 42.8 Å². The Bertz CT molecular complexity index is 1240. The second-order valence-corrected chi connectivity index (χ2v) is 15.4. The van der Waals surface area contributed by atoms with Crippen LogP contribution in [0.5, 0.6) is 0 Å². The molecule has 0 aliphatic heterocycles. The molecular formula is C48H79O8P. The van der Waals surface area contributed by atoms with Gasteiger partial charge in [0.05, 0.1) is 13.2 Å². The van der Waals surface area contributed by atoms with E-state index in [1.54, 1.807) is 6.92 Å². The molecule has 0 aliphatic rings. The molecule has 0 saturated carbocycles. The summed E-state index contributed by atoms with van der Waals surface area (Å²) < 4.78 is 32.6. The number of allylic oxidation sites excluding steroid dienone is 16. The van der Waals surface area contributed by atoms with Crippen LogP contribution >= 0.6 is 7.82 Å². The van der Waals surface area contributed by atoms with Crippen molar-refractivity contribution >= 4 is 19.8 Å². The number of hydrogen-bond donors (Lipinski definition) is 1. The van der Waals surface area contributed by atoms with Gasteiger partial charge >= 0.3 is 19.8 Å². The Kier molecular flexibility index (Phi) is 40.3. The fourth-order valence-electron chi connectivity index (χ4n) is 5.45.